The molecule has 0 aliphatic rings. The molecule has 1 N–H and O–H groups in total. The Morgan fingerprint density at radius 3 is 2.81 bits per heavy atom. The summed E-state index contributed by atoms with van der Waals surface area (Å²) in [6.07, 6.45) is 2.29. The van der Waals surface area contributed by atoms with E-state index in [1.807, 2.05) is 13.0 Å². The molecule has 144 valence electrons. The van der Waals surface area contributed by atoms with Crippen LogP contribution in [0.25, 0.3) is 11.0 Å². The number of benzene rings is 1. The molecule has 0 bridgehead atoms. The third-order valence-corrected chi connectivity index (χ3v) is 4.57. The third-order valence-electron chi connectivity index (χ3n) is 4.03. The molecule has 0 saturated carbocycles. The number of rotatable bonds is 6. The highest BCUT2D eigenvalue weighted by atomic mass is 32.2. The van der Waals surface area contributed by atoms with Crippen LogP contribution in [0.3, 0.4) is 0 Å². The molecule has 1 aromatic carbocycles. The first-order valence-corrected chi connectivity index (χ1v) is 9.96. The zero-order valence-electron chi connectivity index (χ0n) is 15.0. The van der Waals surface area contributed by atoms with E-state index in [4.69, 9.17) is 4.42 Å². The first-order chi connectivity index (χ1) is 12.7. The Kier molecular flexibility index (Phi) is 5.24. The smallest absolute Gasteiger partial charge is 0.344 e. The largest absolute Gasteiger partial charge is 0.448 e. The molecule has 2 aromatic heterocycles. The molecule has 27 heavy (non-hydrogen) atoms. The molecule has 2 atom stereocenters. The number of hydrogen-bond acceptors (Lipinski definition) is 8. The summed E-state index contributed by atoms with van der Waals surface area (Å²) in [5.41, 5.74) is 1.57. The van der Waals surface area contributed by atoms with E-state index in [1.54, 1.807) is 25.1 Å². The predicted octanol–water partition coefficient (Wildman–Crippen LogP) is 1.65. The van der Waals surface area contributed by atoms with Gasteiger partial charge in [0.15, 0.2) is 5.89 Å². The molecule has 0 aliphatic heterocycles. The molecule has 1 amide bonds. The maximum absolute atomic E-state index is 12.5. The fourth-order valence-corrected chi connectivity index (χ4v) is 2.71. The highest BCUT2D eigenvalue weighted by molar-refractivity contribution is 7.85. The lowest BCUT2D eigenvalue weighted by Crippen LogP contribution is -2.39. The van der Waals surface area contributed by atoms with Crippen LogP contribution in [0.1, 0.15) is 31.4 Å². The van der Waals surface area contributed by atoms with Crippen molar-refractivity contribution in [2.45, 2.75) is 32.4 Å². The SMILES string of the molecule is CC(NC(=O)n1nnc2ccccc21)C(C)c1nc(COS(C)(=O)=O)co1. The van der Waals surface area contributed by atoms with Crippen molar-refractivity contribution in [1.29, 1.82) is 0 Å². The van der Waals surface area contributed by atoms with Crippen LogP contribution >= 0.6 is 0 Å². The van der Waals surface area contributed by atoms with Crippen molar-refractivity contribution >= 4 is 27.2 Å². The van der Waals surface area contributed by atoms with Crippen molar-refractivity contribution in [3.8, 4) is 0 Å². The molecule has 0 saturated heterocycles. The number of carbonyl (C=O) groups is 1. The van der Waals surface area contributed by atoms with Crippen molar-refractivity contribution in [2.24, 2.45) is 0 Å². The molecule has 2 heterocycles. The van der Waals surface area contributed by atoms with E-state index in [2.05, 4.69) is 24.8 Å². The van der Waals surface area contributed by atoms with Gasteiger partial charge in [0.25, 0.3) is 10.1 Å². The number of amides is 1. The topological polar surface area (TPSA) is 129 Å². The Bertz CT molecular complexity index is 1060. The lowest BCUT2D eigenvalue weighted by Gasteiger charge is -2.18. The van der Waals surface area contributed by atoms with E-state index >= 15 is 0 Å². The normalized spacial score (nSPS) is 14.2. The molecule has 3 rings (SSSR count). The predicted molar refractivity (Wildman–Crippen MR) is 95.5 cm³/mol. The van der Waals surface area contributed by atoms with Gasteiger partial charge in [-0.1, -0.05) is 24.3 Å². The number of hydrogen-bond donors (Lipinski definition) is 1. The Labute approximate surface area is 155 Å². The van der Waals surface area contributed by atoms with Crippen LogP contribution in [0, 0.1) is 0 Å². The highest BCUT2D eigenvalue weighted by Gasteiger charge is 2.23. The van der Waals surface area contributed by atoms with Crippen LogP contribution < -0.4 is 5.32 Å². The van der Waals surface area contributed by atoms with Crippen molar-refractivity contribution in [3.05, 3.63) is 42.1 Å². The molecule has 0 spiro atoms. The number of oxazole rings is 1. The summed E-state index contributed by atoms with van der Waals surface area (Å²) in [6.45, 7) is 3.43. The zero-order chi connectivity index (χ0) is 19.6. The average Bonchev–Trinajstić information content (AvgIpc) is 3.25. The van der Waals surface area contributed by atoms with Gasteiger partial charge in [-0.3, -0.25) is 4.18 Å². The monoisotopic (exact) mass is 393 g/mol. The van der Waals surface area contributed by atoms with Crippen molar-refractivity contribution in [2.75, 3.05) is 6.26 Å². The summed E-state index contributed by atoms with van der Waals surface area (Å²) in [5, 5.41) is 10.7. The second-order valence-corrected chi connectivity index (χ2v) is 7.80. The summed E-state index contributed by atoms with van der Waals surface area (Å²) >= 11 is 0. The molecule has 0 aliphatic carbocycles. The molecule has 10 nitrogen and oxygen atoms in total. The van der Waals surface area contributed by atoms with Crippen LogP contribution in [0.15, 0.2) is 34.9 Å². The average molecular weight is 393 g/mol. The van der Waals surface area contributed by atoms with Crippen molar-refractivity contribution < 1.29 is 21.8 Å². The van der Waals surface area contributed by atoms with Gasteiger partial charge in [0, 0.05) is 6.04 Å². The number of nitrogens with one attached hydrogen (secondary N) is 1. The molecular formula is C16H19N5O5S. The Hall–Kier alpha value is -2.79. The zero-order valence-corrected chi connectivity index (χ0v) is 15.8. The number of para-hydroxylation sites is 1. The van der Waals surface area contributed by atoms with Crippen LogP contribution in [0.2, 0.25) is 0 Å². The second-order valence-electron chi connectivity index (χ2n) is 6.16. The number of fused-ring (bicyclic) bond motifs is 1. The first-order valence-electron chi connectivity index (χ1n) is 8.14. The van der Waals surface area contributed by atoms with E-state index in [0.717, 1.165) is 6.26 Å². The van der Waals surface area contributed by atoms with E-state index in [1.165, 1.54) is 10.9 Å². The van der Waals surface area contributed by atoms with E-state index in [0.29, 0.717) is 22.6 Å². The van der Waals surface area contributed by atoms with Crippen LogP contribution in [0.5, 0.6) is 0 Å². The fourth-order valence-electron chi connectivity index (χ4n) is 2.38. The summed E-state index contributed by atoms with van der Waals surface area (Å²) < 4.78 is 33.3. The van der Waals surface area contributed by atoms with E-state index < -0.39 is 16.1 Å². The van der Waals surface area contributed by atoms with Crippen molar-refractivity contribution in [1.82, 2.24) is 25.3 Å². The number of aromatic nitrogens is 4. The lowest BCUT2D eigenvalue weighted by atomic mass is 10.0. The fraction of sp³-hybridized carbons (Fsp3) is 0.375. The summed E-state index contributed by atoms with van der Waals surface area (Å²) in [5.74, 6) is 0.0917. The first kappa shape index (κ1) is 19.0. The quantitative estimate of drug-likeness (QED) is 0.626. The standard InChI is InChI=1S/C16H19N5O5S/c1-10(15-18-12(8-25-15)9-26-27(3,23)24)11(2)17-16(22)21-14-7-5-4-6-13(14)19-20-21/h4-8,10-11H,9H2,1-3H3,(H,17,22). The second kappa shape index (κ2) is 7.45. The Morgan fingerprint density at radius 1 is 1.33 bits per heavy atom. The Morgan fingerprint density at radius 2 is 2.07 bits per heavy atom. The van der Waals surface area contributed by atoms with Gasteiger partial charge in [0.1, 0.15) is 24.1 Å². The summed E-state index contributed by atoms with van der Waals surface area (Å²) in [7, 11) is -3.56. The maximum atomic E-state index is 12.5. The van der Waals surface area contributed by atoms with Crippen molar-refractivity contribution in [3.63, 3.8) is 0 Å². The van der Waals surface area contributed by atoms with Gasteiger partial charge in [0.2, 0.25) is 0 Å². The molecule has 3 aromatic rings. The van der Waals surface area contributed by atoms with Gasteiger partial charge in [-0.25, -0.2) is 9.78 Å². The third kappa shape index (κ3) is 4.49. The van der Waals surface area contributed by atoms with Gasteiger partial charge in [0.05, 0.1) is 17.7 Å². The maximum Gasteiger partial charge on any atom is 0.344 e. The molecule has 2 unspecified atom stereocenters. The Balaban J connectivity index is 1.66. The lowest BCUT2D eigenvalue weighted by molar-refractivity contribution is 0.234. The minimum absolute atomic E-state index is 0.208. The minimum atomic E-state index is -3.56. The molecule has 0 fully saturated rings. The van der Waals surface area contributed by atoms with Gasteiger partial charge in [-0.15, -0.1) is 5.10 Å². The van der Waals surface area contributed by atoms with Crippen LogP contribution in [0.4, 0.5) is 4.79 Å². The van der Waals surface area contributed by atoms with Gasteiger partial charge in [-0.2, -0.15) is 13.1 Å². The summed E-state index contributed by atoms with van der Waals surface area (Å²) in [6, 6.07) is 6.39. The van der Waals surface area contributed by atoms with E-state index in [9.17, 15) is 13.2 Å². The summed E-state index contributed by atoms with van der Waals surface area (Å²) in [4.78, 5) is 16.7. The molecule has 11 heteroatoms. The molecule has 0 radical (unpaired) electrons. The van der Waals surface area contributed by atoms with Gasteiger partial charge >= 0.3 is 6.03 Å². The number of carbonyl (C=O) groups excluding carboxylic acids is 1. The highest BCUT2D eigenvalue weighted by Crippen LogP contribution is 2.19. The van der Waals surface area contributed by atoms with Gasteiger partial charge in [-0.05, 0) is 19.1 Å². The van der Waals surface area contributed by atoms with Crippen LogP contribution in [-0.4, -0.2) is 46.7 Å². The number of nitrogens with zero attached hydrogens (tertiary/aromatic N) is 4. The minimum Gasteiger partial charge on any atom is -0.448 e. The van der Waals surface area contributed by atoms with Crippen LogP contribution in [-0.2, 0) is 20.9 Å². The van der Waals surface area contributed by atoms with E-state index in [-0.39, 0.29) is 18.6 Å². The van der Waals surface area contributed by atoms with Gasteiger partial charge < -0.3 is 9.73 Å². The molecular weight excluding hydrogens is 374 g/mol.